The summed E-state index contributed by atoms with van der Waals surface area (Å²) in [7, 11) is -3.83. The van der Waals surface area contributed by atoms with Crippen molar-refractivity contribution in [1.82, 2.24) is 4.72 Å². The van der Waals surface area contributed by atoms with Crippen molar-refractivity contribution in [3.05, 3.63) is 114 Å². The lowest BCUT2D eigenvalue weighted by atomic mass is 10.1. The van der Waals surface area contributed by atoms with Gasteiger partial charge in [-0.3, -0.25) is 4.79 Å². The fourth-order valence-corrected chi connectivity index (χ4v) is 5.04. The first-order valence-corrected chi connectivity index (χ1v) is 13.3. The molecule has 7 nitrogen and oxygen atoms in total. The summed E-state index contributed by atoms with van der Waals surface area (Å²) in [5.74, 6) is 0.859. The van der Waals surface area contributed by atoms with Crippen LogP contribution in [0.4, 0.5) is 5.69 Å². The molecule has 0 aromatic heterocycles. The number of hydrogen-bond acceptors (Lipinski definition) is 5. The second-order valence-corrected chi connectivity index (χ2v) is 10.2. The Balaban J connectivity index is 1.37. The van der Waals surface area contributed by atoms with Gasteiger partial charge in [0.05, 0.1) is 15.6 Å². The van der Waals surface area contributed by atoms with Crippen molar-refractivity contribution in [2.24, 2.45) is 0 Å². The Morgan fingerprint density at radius 3 is 2.22 bits per heavy atom. The summed E-state index contributed by atoms with van der Waals surface area (Å²) in [5, 5.41) is 2.82. The maximum absolute atomic E-state index is 12.8. The smallest absolute Gasteiger partial charge is 0.262 e. The zero-order valence-electron chi connectivity index (χ0n) is 19.9. The molecule has 1 unspecified atom stereocenters. The van der Waals surface area contributed by atoms with Crippen LogP contribution in [0.15, 0.2) is 108 Å². The number of sulfonamides is 1. The molecule has 37 heavy (non-hydrogen) atoms. The lowest BCUT2D eigenvalue weighted by Gasteiger charge is -2.16. The Bertz CT molecular complexity index is 1460. The van der Waals surface area contributed by atoms with E-state index >= 15 is 0 Å². The van der Waals surface area contributed by atoms with Gasteiger partial charge in [0.25, 0.3) is 5.91 Å². The van der Waals surface area contributed by atoms with Gasteiger partial charge in [-0.15, -0.1) is 0 Å². The minimum absolute atomic E-state index is 0.0101. The van der Waals surface area contributed by atoms with Gasteiger partial charge in [-0.25, -0.2) is 13.1 Å². The van der Waals surface area contributed by atoms with Crippen LogP contribution >= 0.6 is 11.6 Å². The molecule has 4 aromatic carbocycles. The summed E-state index contributed by atoms with van der Waals surface area (Å²) in [6.07, 6.45) is 0. The molecule has 9 heteroatoms. The van der Waals surface area contributed by atoms with Gasteiger partial charge < -0.3 is 14.8 Å². The molecule has 4 aromatic rings. The minimum atomic E-state index is -3.83. The SMILES string of the molecule is CC(NS(=O)(=O)c1ccc(OCC(=O)Nc2ccccc2Oc2ccccc2)c(Cl)c1)c1ccccc1. The number of ether oxygens (including phenoxy) is 2. The summed E-state index contributed by atoms with van der Waals surface area (Å²) >= 11 is 6.28. The van der Waals surface area contributed by atoms with E-state index in [1.165, 1.54) is 18.2 Å². The lowest BCUT2D eigenvalue weighted by Crippen LogP contribution is -2.27. The quantitative estimate of drug-likeness (QED) is 0.252. The molecule has 4 rings (SSSR count). The number of benzene rings is 4. The molecule has 0 saturated carbocycles. The van der Waals surface area contributed by atoms with E-state index in [1.54, 1.807) is 31.2 Å². The van der Waals surface area contributed by atoms with Crippen molar-refractivity contribution in [2.45, 2.75) is 17.9 Å². The summed E-state index contributed by atoms with van der Waals surface area (Å²) in [6.45, 7) is 1.42. The molecule has 1 amide bonds. The number of rotatable bonds is 10. The van der Waals surface area contributed by atoms with E-state index in [0.29, 0.717) is 17.2 Å². The van der Waals surface area contributed by atoms with Gasteiger partial charge in [0, 0.05) is 6.04 Å². The van der Waals surface area contributed by atoms with E-state index in [9.17, 15) is 13.2 Å². The second-order valence-electron chi connectivity index (χ2n) is 8.09. The molecule has 2 N–H and O–H groups in total. The second kappa shape index (κ2) is 11.9. The monoisotopic (exact) mass is 536 g/mol. The fraction of sp³-hybridized carbons (Fsp3) is 0.107. The predicted molar refractivity (Wildman–Crippen MR) is 144 cm³/mol. The first kappa shape index (κ1) is 26.2. The predicted octanol–water partition coefficient (Wildman–Crippen LogP) is 6.19. The van der Waals surface area contributed by atoms with Gasteiger partial charge in [0.1, 0.15) is 11.5 Å². The Morgan fingerprint density at radius 2 is 1.51 bits per heavy atom. The van der Waals surface area contributed by atoms with Gasteiger partial charge in [0.2, 0.25) is 10.0 Å². The van der Waals surface area contributed by atoms with Crippen molar-refractivity contribution < 1.29 is 22.7 Å². The van der Waals surface area contributed by atoms with Crippen molar-refractivity contribution >= 4 is 33.2 Å². The van der Waals surface area contributed by atoms with Gasteiger partial charge in [0.15, 0.2) is 12.4 Å². The molecule has 0 spiro atoms. The van der Waals surface area contributed by atoms with Crippen LogP contribution in [-0.2, 0) is 14.8 Å². The fourth-order valence-electron chi connectivity index (χ4n) is 3.48. The minimum Gasteiger partial charge on any atom is -0.482 e. The third-order valence-corrected chi connectivity index (χ3v) is 7.17. The molecule has 0 aliphatic heterocycles. The van der Waals surface area contributed by atoms with Crippen LogP contribution in [0.2, 0.25) is 5.02 Å². The Labute approximate surface area is 221 Å². The van der Waals surface area contributed by atoms with Gasteiger partial charge in [-0.2, -0.15) is 0 Å². The Kier molecular flexibility index (Phi) is 8.45. The van der Waals surface area contributed by atoms with E-state index in [4.69, 9.17) is 21.1 Å². The van der Waals surface area contributed by atoms with E-state index in [2.05, 4.69) is 10.0 Å². The number of halogens is 1. The maximum atomic E-state index is 12.8. The normalized spacial score (nSPS) is 11.9. The molecule has 0 aliphatic rings. The average molecular weight is 537 g/mol. The number of amides is 1. The molecule has 0 bridgehead atoms. The van der Waals surface area contributed by atoms with Crippen LogP contribution in [-0.4, -0.2) is 20.9 Å². The summed E-state index contributed by atoms with van der Waals surface area (Å²) in [4.78, 5) is 12.5. The highest BCUT2D eigenvalue weighted by Gasteiger charge is 2.20. The van der Waals surface area contributed by atoms with Crippen LogP contribution in [0.1, 0.15) is 18.5 Å². The van der Waals surface area contributed by atoms with Crippen LogP contribution in [0, 0.1) is 0 Å². The average Bonchev–Trinajstić information content (AvgIpc) is 2.90. The number of hydrogen-bond donors (Lipinski definition) is 2. The topological polar surface area (TPSA) is 93.7 Å². The third-order valence-electron chi connectivity index (χ3n) is 5.34. The van der Waals surface area contributed by atoms with Gasteiger partial charge in [-0.05, 0) is 55.0 Å². The number of para-hydroxylation sites is 3. The molecule has 1 atom stereocenters. The van der Waals surface area contributed by atoms with Crippen LogP contribution < -0.4 is 19.5 Å². The van der Waals surface area contributed by atoms with Gasteiger partial charge in [-0.1, -0.05) is 72.3 Å². The molecule has 0 aliphatic carbocycles. The van der Waals surface area contributed by atoms with Crippen LogP contribution in [0.25, 0.3) is 0 Å². The largest absolute Gasteiger partial charge is 0.482 e. The third kappa shape index (κ3) is 7.10. The molecule has 190 valence electrons. The zero-order chi connectivity index (χ0) is 26.3. The van der Waals surface area contributed by atoms with E-state index in [-0.39, 0.29) is 22.3 Å². The lowest BCUT2D eigenvalue weighted by molar-refractivity contribution is -0.118. The maximum Gasteiger partial charge on any atom is 0.262 e. The molecule has 0 heterocycles. The molecular weight excluding hydrogens is 512 g/mol. The highest BCUT2D eigenvalue weighted by atomic mass is 35.5. The number of carbonyl (C=O) groups excluding carboxylic acids is 1. The number of anilines is 1. The number of nitrogens with one attached hydrogen (secondary N) is 2. The first-order chi connectivity index (χ1) is 17.8. The standard InChI is InChI=1S/C28H25ClN2O5S/c1-20(21-10-4-2-5-11-21)31-37(33,34)23-16-17-26(24(29)18-23)35-19-28(32)30-25-14-8-9-15-27(25)36-22-12-6-3-7-13-22/h2-18,20,31H,19H2,1H3,(H,30,32). The summed E-state index contributed by atoms with van der Waals surface area (Å²) in [5.41, 5.74) is 1.31. The van der Waals surface area contributed by atoms with Gasteiger partial charge >= 0.3 is 0 Å². The van der Waals surface area contributed by atoms with E-state index < -0.39 is 22.0 Å². The Morgan fingerprint density at radius 1 is 0.865 bits per heavy atom. The van der Waals surface area contributed by atoms with E-state index in [0.717, 1.165) is 5.56 Å². The first-order valence-electron chi connectivity index (χ1n) is 11.4. The molecule has 0 radical (unpaired) electrons. The van der Waals surface area contributed by atoms with Crippen molar-refractivity contribution in [3.63, 3.8) is 0 Å². The summed E-state index contributed by atoms with van der Waals surface area (Å²) < 4.78 is 39.7. The van der Waals surface area contributed by atoms with Crippen molar-refractivity contribution in [2.75, 3.05) is 11.9 Å². The Hall–Kier alpha value is -3.85. The summed E-state index contributed by atoms with van der Waals surface area (Å²) in [6, 6.07) is 29.1. The van der Waals surface area contributed by atoms with Crippen molar-refractivity contribution in [1.29, 1.82) is 0 Å². The molecule has 0 fully saturated rings. The molecular formula is C28H25ClN2O5S. The van der Waals surface area contributed by atoms with Crippen LogP contribution in [0.3, 0.4) is 0 Å². The zero-order valence-corrected chi connectivity index (χ0v) is 21.5. The van der Waals surface area contributed by atoms with Crippen molar-refractivity contribution in [3.8, 4) is 17.2 Å². The van der Waals surface area contributed by atoms with Crippen LogP contribution in [0.5, 0.6) is 17.2 Å². The number of carbonyl (C=O) groups is 1. The highest BCUT2D eigenvalue weighted by Crippen LogP contribution is 2.30. The van der Waals surface area contributed by atoms with E-state index in [1.807, 2.05) is 60.7 Å². The molecule has 0 saturated heterocycles. The highest BCUT2D eigenvalue weighted by molar-refractivity contribution is 7.89.